The van der Waals surface area contributed by atoms with Crippen LogP contribution in [-0.2, 0) is 4.52 Å². The summed E-state index contributed by atoms with van der Waals surface area (Å²) in [6.07, 6.45) is 17.0. The van der Waals surface area contributed by atoms with Crippen molar-refractivity contribution in [1.29, 1.82) is 0 Å². The lowest BCUT2D eigenvalue weighted by molar-refractivity contribution is 0.334. The first kappa shape index (κ1) is 20.4. The summed E-state index contributed by atoms with van der Waals surface area (Å²) in [6, 6.07) is 0. The number of unbranched alkanes of at least 4 members (excludes halogenated alkanes) is 11. The monoisotopic (exact) mass is 302 g/mol. The second-order valence-electron chi connectivity index (χ2n) is 6.36. The normalized spacial score (nSPS) is 13.1. The van der Waals surface area contributed by atoms with Gasteiger partial charge in [0.05, 0.1) is 6.61 Å². The highest BCUT2D eigenvalue weighted by atomic mass is 31.1. The summed E-state index contributed by atoms with van der Waals surface area (Å²) in [5, 5.41) is 0. The molecule has 0 aromatic rings. The van der Waals surface area contributed by atoms with Gasteiger partial charge in [-0.3, -0.25) is 0 Å². The molecule has 0 fully saturated rings. The van der Waals surface area contributed by atoms with E-state index >= 15 is 0 Å². The van der Waals surface area contributed by atoms with Crippen LogP contribution in [0.15, 0.2) is 0 Å². The van der Waals surface area contributed by atoms with Crippen molar-refractivity contribution < 1.29 is 4.52 Å². The third kappa shape index (κ3) is 14.8. The lowest BCUT2D eigenvalue weighted by atomic mass is 10.1. The summed E-state index contributed by atoms with van der Waals surface area (Å²) in [5.41, 5.74) is 0.710. The quantitative estimate of drug-likeness (QED) is 0.231. The first-order chi connectivity index (χ1) is 9.68. The Bertz CT molecular complexity index is 182. The zero-order valence-electron chi connectivity index (χ0n) is 14.6. The Balaban J connectivity index is 3.03. The predicted octanol–water partition coefficient (Wildman–Crippen LogP) is 7.14. The van der Waals surface area contributed by atoms with Crippen LogP contribution >= 0.6 is 8.15 Å². The van der Waals surface area contributed by atoms with Crippen molar-refractivity contribution in [2.45, 2.75) is 103 Å². The maximum absolute atomic E-state index is 5.86. The Hall–Kier alpha value is 0.390. The van der Waals surface area contributed by atoms with Crippen LogP contribution in [0.2, 0.25) is 0 Å². The molecule has 0 N–H and O–H groups in total. The average Bonchev–Trinajstić information content (AvgIpc) is 2.43. The number of hydrogen-bond acceptors (Lipinski definition) is 1. The van der Waals surface area contributed by atoms with Gasteiger partial charge in [0, 0.05) is 8.15 Å². The van der Waals surface area contributed by atoms with Gasteiger partial charge in [-0.2, -0.15) is 0 Å². The summed E-state index contributed by atoms with van der Waals surface area (Å²) < 4.78 is 5.86. The van der Waals surface area contributed by atoms with Gasteiger partial charge in [-0.15, -0.1) is 0 Å². The molecule has 0 heterocycles. The molecule has 0 bridgehead atoms. The summed E-state index contributed by atoms with van der Waals surface area (Å²) >= 11 is 0. The molecule has 0 aliphatic rings. The molecule has 122 valence electrons. The van der Waals surface area contributed by atoms with E-state index in [1.807, 2.05) is 0 Å². The van der Waals surface area contributed by atoms with Crippen molar-refractivity contribution in [3.8, 4) is 0 Å². The summed E-state index contributed by atoms with van der Waals surface area (Å²) in [7, 11) is -0.179. The van der Waals surface area contributed by atoms with Crippen molar-refractivity contribution >= 4 is 8.15 Å². The maximum Gasteiger partial charge on any atom is 0.0508 e. The van der Waals surface area contributed by atoms with Gasteiger partial charge in [0.1, 0.15) is 0 Å². The van der Waals surface area contributed by atoms with Gasteiger partial charge in [-0.05, 0) is 18.7 Å². The van der Waals surface area contributed by atoms with E-state index in [0.29, 0.717) is 5.66 Å². The van der Waals surface area contributed by atoms with Gasteiger partial charge in [0.15, 0.2) is 0 Å². The third-order valence-corrected chi connectivity index (χ3v) is 6.06. The van der Waals surface area contributed by atoms with Gasteiger partial charge < -0.3 is 4.52 Å². The molecular weight excluding hydrogens is 263 g/mol. The van der Waals surface area contributed by atoms with Crippen molar-refractivity contribution in [2.24, 2.45) is 0 Å². The molecule has 20 heavy (non-hydrogen) atoms. The minimum Gasteiger partial charge on any atom is -0.359 e. The van der Waals surface area contributed by atoms with Crippen LogP contribution in [0, 0.1) is 0 Å². The molecule has 1 unspecified atom stereocenters. The lowest BCUT2D eigenvalue weighted by Crippen LogP contribution is -1.97. The number of hydrogen-bond donors (Lipinski definition) is 0. The van der Waals surface area contributed by atoms with Crippen molar-refractivity contribution in [1.82, 2.24) is 0 Å². The first-order valence-corrected chi connectivity index (χ1v) is 10.8. The fraction of sp³-hybridized carbons (Fsp3) is 1.00. The molecule has 0 rings (SSSR count). The van der Waals surface area contributed by atoms with Gasteiger partial charge >= 0.3 is 0 Å². The van der Waals surface area contributed by atoms with E-state index in [1.54, 1.807) is 0 Å². The minimum atomic E-state index is -0.179. The molecule has 0 aliphatic carbocycles. The highest BCUT2D eigenvalue weighted by molar-refractivity contribution is 7.52. The minimum absolute atomic E-state index is 0.179. The topological polar surface area (TPSA) is 9.23 Å². The SMILES string of the molecule is CCCCCCCCCCCCCCOP(C)C(C)C. The Labute approximate surface area is 130 Å². The largest absolute Gasteiger partial charge is 0.359 e. The van der Waals surface area contributed by atoms with E-state index in [9.17, 15) is 0 Å². The maximum atomic E-state index is 5.86. The standard InChI is InChI=1S/C18H39OP/c1-5-6-7-8-9-10-11-12-13-14-15-16-17-19-20(4)18(2)3/h18H,5-17H2,1-4H3. The van der Waals surface area contributed by atoms with Gasteiger partial charge in [0.25, 0.3) is 0 Å². The molecule has 0 saturated carbocycles. The number of rotatable bonds is 15. The van der Waals surface area contributed by atoms with Crippen molar-refractivity contribution in [2.75, 3.05) is 13.3 Å². The fourth-order valence-corrected chi connectivity index (χ4v) is 3.02. The molecule has 0 aromatic carbocycles. The molecule has 0 spiro atoms. The van der Waals surface area contributed by atoms with E-state index in [0.717, 1.165) is 6.61 Å². The second kappa shape index (κ2) is 15.8. The fourth-order valence-electron chi connectivity index (χ4n) is 2.30. The predicted molar refractivity (Wildman–Crippen MR) is 95.0 cm³/mol. The second-order valence-corrected chi connectivity index (χ2v) is 8.75. The van der Waals surface area contributed by atoms with Crippen LogP contribution in [-0.4, -0.2) is 18.9 Å². The molecule has 0 radical (unpaired) electrons. The van der Waals surface area contributed by atoms with E-state index in [2.05, 4.69) is 27.4 Å². The van der Waals surface area contributed by atoms with Gasteiger partial charge in [-0.25, -0.2) is 0 Å². The molecule has 0 aromatic heterocycles. The van der Waals surface area contributed by atoms with E-state index in [-0.39, 0.29) is 8.15 Å². The Kier molecular flexibility index (Phi) is 16.1. The highest BCUT2D eigenvalue weighted by Gasteiger charge is 2.05. The molecule has 2 heteroatoms. The van der Waals surface area contributed by atoms with Crippen LogP contribution in [0.5, 0.6) is 0 Å². The van der Waals surface area contributed by atoms with Gasteiger partial charge in [-0.1, -0.05) is 91.4 Å². The molecular formula is C18H39OP. The molecule has 1 nitrogen and oxygen atoms in total. The first-order valence-electron chi connectivity index (χ1n) is 9.04. The lowest BCUT2D eigenvalue weighted by Gasteiger charge is -2.16. The molecule has 0 amide bonds. The van der Waals surface area contributed by atoms with E-state index < -0.39 is 0 Å². The van der Waals surface area contributed by atoms with Crippen LogP contribution in [0.4, 0.5) is 0 Å². The zero-order chi connectivity index (χ0) is 15.1. The van der Waals surface area contributed by atoms with Crippen LogP contribution in [0.1, 0.15) is 97.8 Å². The molecule has 0 saturated heterocycles. The van der Waals surface area contributed by atoms with Gasteiger partial charge in [0.2, 0.25) is 0 Å². The Morgan fingerprint density at radius 1 is 0.700 bits per heavy atom. The van der Waals surface area contributed by atoms with Crippen molar-refractivity contribution in [3.63, 3.8) is 0 Å². The Morgan fingerprint density at radius 2 is 1.10 bits per heavy atom. The average molecular weight is 302 g/mol. The summed E-state index contributed by atoms with van der Waals surface area (Å²) in [5.74, 6) is 0. The van der Waals surface area contributed by atoms with Crippen LogP contribution < -0.4 is 0 Å². The van der Waals surface area contributed by atoms with E-state index in [1.165, 1.54) is 77.0 Å². The third-order valence-electron chi connectivity index (χ3n) is 4.02. The smallest absolute Gasteiger partial charge is 0.0508 e. The van der Waals surface area contributed by atoms with E-state index in [4.69, 9.17) is 4.52 Å². The van der Waals surface area contributed by atoms with Crippen LogP contribution in [0.3, 0.4) is 0 Å². The zero-order valence-corrected chi connectivity index (χ0v) is 15.5. The molecule has 1 atom stereocenters. The Morgan fingerprint density at radius 3 is 1.50 bits per heavy atom. The van der Waals surface area contributed by atoms with Crippen molar-refractivity contribution in [3.05, 3.63) is 0 Å². The summed E-state index contributed by atoms with van der Waals surface area (Å²) in [6.45, 7) is 10.0. The highest BCUT2D eigenvalue weighted by Crippen LogP contribution is 2.37. The summed E-state index contributed by atoms with van der Waals surface area (Å²) in [4.78, 5) is 0. The van der Waals surface area contributed by atoms with Crippen LogP contribution in [0.25, 0.3) is 0 Å². The molecule has 0 aliphatic heterocycles.